The van der Waals surface area contributed by atoms with Crippen LogP contribution < -0.4 is 0 Å². The van der Waals surface area contributed by atoms with E-state index >= 15 is 0 Å². The summed E-state index contributed by atoms with van der Waals surface area (Å²) >= 11 is 11.9. The summed E-state index contributed by atoms with van der Waals surface area (Å²) < 4.78 is 0. The van der Waals surface area contributed by atoms with Gasteiger partial charge >= 0.3 is 5.97 Å². The van der Waals surface area contributed by atoms with Gasteiger partial charge in [0.1, 0.15) is 0 Å². The third-order valence-electron chi connectivity index (χ3n) is 4.17. The summed E-state index contributed by atoms with van der Waals surface area (Å²) in [6, 6.07) is 14.0. The Morgan fingerprint density at radius 1 is 0.778 bits per heavy atom. The Bertz CT molecular complexity index is 1160. The summed E-state index contributed by atoms with van der Waals surface area (Å²) in [5, 5.41) is 20.2. The molecule has 4 rings (SSSR count). The molecular formula is C20H11Cl2N3O2. The van der Waals surface area contributed by atoms with Crippen LogP contribution >= 0.6 is 23.2 Å². The molecule has 0 spiro atoms. The van der Waals surface area contributed by atoms with Crippen LogP contribution in [-0.2, 0) is 0 Å². The zero-order valence-corrected chi connectivity index (χ0v) is 15.2. The van der Waals surface area contributed by atoms with Gasteiger partial charge in [0.15, 0.2) is 5.69 Å². The SMILES string of the molecule is O=C(O)c1nc(-c2ccc(Cl)cc2)c2cnncc2c1-c1ccc(Cl)cc1. The van der Waals surface area contributed by atoms with Crippen LogP contribution in [0.2, 0.25) is 10.0 Å². The van der Waals surface area contributed by atoms with Crippen molar-refractivity contribution in [2.45, 2.75) is 0 Å². The van der Waals surface area contributed by atoms with Crippen LogP contribution in [0.5, 0.6) is 0 Å². The molecule has 1 N–H and O–H groups in total. The topological polar surface area (TPSA) is 76.0 Å². The van der Waals surface area contributed by atoms with E-state index in [1.165, 1.54) is 0 Å². The molecule has 4 aromatic rings. The van der Waals surface area contributed by atoms with E-state index < -0.39 is 5.97 Å². The highest BCUT2D eigenvalue weighted by Gasteiger charge is 2.21. The minimum atomic E-state index is -1.13. The monoisotopic (exact) mass is 395 g/mol. The zero-order chi connectivity index (χ0) is 19.0. The smallest absolute Gasteiger partial charge is 0.355 e. The Balaban J connectivity index is 2.09. The number of carbonyl (C=O) groups is 1. The highest BCUT2D eigenvalue weighted by atomic mass is 35.5. The summed E-state index contributed by atoms with van der Waals surface area (Å²) in [4.78, 5) is 16.5. The third kappa shape index (κ3) is 3.23. The van der Waals surface area contributed by atoms with E-state index in [-0.39, 0.29) is 5.69 Å². The van der Waals surface area contributed by atoms with Crippen LogP contribution in [0.3, 0.4) is 0 Å². The molecule has 5 nitrogen and oxygen atoms in total. The van der Waals surface area contributed by atoms with Gasteiger partial charge in [-0.25, -0.2) is 9.78 Å². The number of fused-ring (bicyclic) bond motifs is 1. The first kappa shape index (κ1) is 17.4. The summed E-state index contributed by atoms with van der Waals surface area (Å²) in [6.45, 7) is 0. The van der Waals surface area contributed by atoms with E-state index in [1.54, 1.807) is 60.9 Å². The maximum absolute atomic E-state index is 12.0. The maximum Gasteiger partial charge on any atom is 0.355 e. The fourth-order valence-electron chi connectivity index (χ4n) is 2.96. The van der Waals surface area contributed by atoms with Gasteiger partial charge in [0.2, 0.25) is 0 Å². The summed E-state index contributed by atoms with van der Waals surface area (Å²) in [7, 11) is 0. The second kappa shape index (κ2) is 6.95. The van der Waals surface area contributed by atoms with Gasteiger partial charge in [-0.15, -0.1) is 0 Å². The zero-order valence-electron chi connectivity index (χ0n) is 13.7. The quantitative estimate of drug-likeness (QED) is 0.504. The summed E-state index contributed by atoms with van der Waals surface area (Å²) in [5.74, 6) is -1.13. The van der Waals surface area contributed by atoms with Crippen molar-refractivity contribution < 1.29 is 9.90 Å². The fourth-order valence-corrected chi connectivity index (χ4v) is 3.21. The van der Waals surface area contributed by atoms with Crippen LogP contribution in [0.25, 0.3) is 33.2 Å². The molecule has 2 aromatic heterocycles. The van der Waals surface area contributed by atoms with Gasteiger partial charge < -0.3 is 5.11 Å². The molecule has 2 heterocycles. The number of rotatable bonds is 3. The molecule has 0 fully saturated rings. The molecule has 0 amide bonds. The number of aromatic carboxylic acids is 1. The van der Waals surface area contributed by atoms with Crippen LogP contribution in [-0.4, -0.2) is 26.3 Å². The second-order valence-corrected chi connectivity index (χ2v) is 6.69. The van der Waals surface area contributed by atoms with Crippen molar-refractivity contribution in [3.8, 4) is 22.4 Å². The molecule has 0 bridgehead atoms. The number of aromatic nitrogens is 3. The molecule has 2 aromatic carbocycles. The lowest BCUT2D eigenvalue weighted by atomic mass is 9.96. The van der Waals surface area contributed by atoms with Crippen molar-refractivity contribution >= 4 is 39.9 Å². The predicted octanol–water partition coefficient (Wildman–Crippen LogP) is 5.36. The molecule has 0 unspecified atom stereocenters. The number of halogens is 2. The van der Waals surface area contributed by atoms with Gasteiger partial charge in [-0.3, -0.25) is 0 Å². The number of nitrogens with zero attached hydrogens (tertiary/aromatic N) is 3. The standard InChI is InChI=1S/C20H11Cl2N3O2/c21-13-5-1-11(2-6-13)17-15-9-23-24-10-16(15)18(25-19(17)20(26)27)12-3-7-14(22)8-4-12/h1-10H,(H,26,27). The number of benzene rings is 2. The average molecular weight is 396 g/mol. The normalized spacial score (nSPS) is 10.9. The third-order valence-corrected chi connectivity index (χ3v) is 4.67. The molecule has 0 saturated carbocycles. The predicted molar refractivity (Wildman–Crippen MR) is 105 cm³/mol. The van der Waals surface area contributed by atoms with Gasteiger partial charge in [0, 0.05) is 31.9 Å². The van der Waals surface area contributed by atoms with Crippen LogP contribution in [0.15, 0.2) is 60.9 Å². The fraction of sp³-hybridized carbons (Fsp3) is 0. The van der Waals surface area contributed by atoms with Crippen molar-refractivity contribution in [1.82, 2.24) is 15.2 Å². The molecule has 0 saturated heterocycles. The van der Waals surface area contributed by atoms with Gasteiger partial charge in [0.25, 0.3) is 0 Å². The summed E-state index contributed by atoms with van der Waals surface area (Å²) in [6.07, 6.45) is 3.13. The van der Waals surface area contributed by atoms with E-state index in [0.717, 1.165) is 5.56 Å². The molecule has 7 heteroatoms. The first-order valence-corrected chi connectivity index (χ1v) is 8.70. The Morgan fingerprint density at radius 2 is 1.30 bits per heavy atom. The van der Waals surface area contributed by atoms with Crippen molar-refractivity contribution in [2.75, 3.05) is 0 Å². The van der Waals surface area contributed by atoms with Crippen LogP contribution in [0.1, 0.15) is 10.5 Å². The van der Waals surface area contributed by atoms with Crippen molar-refractivity contribution in [3.05, 3.63) is 76.7 Å². The number of pyridine rings is 1. The highest BCUT2D eigenvalue weighted by Crippen LogP contribution is 2.36. The largest absolute Gasteiger partial charge is 0.476 e. The molecule has 0 atom stereocenters. The first-order chi connectivity index (χ1) is 13.0. The van der Waals surface area contributed by atoms with Crippen molar-refractivity contribution in [2.24, 2.45) is 0 Å². The Kier molecular flexibility index (Phi) is 4.48. The lowest BCUT2D eigenvalue weighted by Gasteiger charge is -2.14. The Hall–Kier alpha value is -3.02. The molecule has 27 heavy (non-hydrogen) atoms. The van der Waals surface area contributed by atoms with E-state index in [1.807, 2.05) is 0 Å². The molecule has 0 aliphatic heterocycles. The van der Waals surface area contributed by atoms with Gasteiger partial charge in [0.05, 0.1) is 18.1 Å². The van der Waals surface area contributed by atoms with E-state index in [2.05, 4.69) is 15.2 Å². The highest BCUT2D eigenvalue weighted by molar-refractivity contribution is 6.31. The van der Waals surface area contributed by atoms with Crippen molar-refractivity contribution in [3.63, 3.8) is 0 Å². The van der Waals surface area contributed by atoms with Gasteiger partial charge in [-0.2, -0.15) is 10.2 Å². The second-order valence-electron chi connectivity index (χ2n) is 5.82. The number of carboxylic acid groups (broad SMARTS) is 1. The molecule has 132 valence electrons. The number of hydrogen-bond acceptors (Lipinski definition) is 4. The number of hydrogen-bond donors (Lipinski definition) is 1. The van der Waals surface area contributed by atoms with Crippen molar-refractivity contribution in [1.29, 1.82) is 0 Å². The van der Waals surface area contributed by atoms with Gasteiger partial charge in [-0.1, -0.05) is 47.5 Å². The lowest BCUT2D eigenvalue weighted by molar-refractivity contribution is 0.0692. The maximum atomic E-state index is 12.0. The minimum absolute atomic E-state index is 0.0669. The molecule has 0 aliphatic carbocycles. The average Bonchev–Trinajstić information content (AvgIpc) is 2.68. The molecule has 0 aliphatic rings. The van der Waals surface area contributed by atoms with E-state index in [0.29, 0.717) is 37.6 Å². The van der Waals surface area contributed by atoms with E-state index in [9.17, 15) is 9.90 Å². The Labute approximate surface area is 164 Å². The van der Waals surface area contributed by atoms with Crippen LogP contribution in [0.4, 0.5) is 0 Å². The first-order valence-electron chi connectivity index (χ1n) is 7.94. The summed E-state index contributed by atoms with van der Waals surface area (Å²) in [5.41, 5.74) is 2.34. The Morgan fingerprint density at radius 3 is 1.85 bits per heavy atom. The minimum Gasteiger partial charge on any atom is -0.476 e. The van der Waals surface area contributed by atoms with Gasteiger partial charge in [-0.05, 0) is 29.8 Å². The molecular weight excluding hydrogens is 385 g/mol. The van der Waals surface area contributed by atoms with Crippen LogP contribution in [0, 0.1) is 0 Å². The lowest BCUT2D eigenvalue weighted by Crippen LogP contribution is -2.06. The number of carboxylic acids is 1. The molecule has 0 radical (unpaired) electrons. The van der Waals surface area contributed by atoms with E-state index in [4.69, 9.17) is 23.2 Å².